The predicted octanol–water partition coefficient (Wildman–Crippen LogP) is 3.52. The molecule has 17 heavy (non-hydrogen) atoms. The van der Waals surface area contributed by atoms with Crippen LogP contribution in [0.2, 0.25) is 0 Å². The number of thioether (sulfide) groups is 1. The molecule has 96 valence electrons. The number of hydrogen-bond acceptors (Lipinski definition) is 3. The van der Waals surface area contributed by atoms with Gasteiger partial charge in [-0.05, 0) is 37.1 Å². The van der Waals surface area contributed by atoms with Crippen LogP contribution in [-0.4, -0.2) is 19.1 Å². The Hall–Kier alpha value is -0.510. The lowest BCUT2D eigenvalue weighted by atomic mass is 10.2. The molecule has 0 spiro atoms. The fourth-order valence-corrected chi connectivity index (χ4v) is 2.24. The van der Waals surface area contributed by atoms with Crippen LogP contribution >= 0.6 is 11.8 Å². The van der Waals surface area contributed by atoms with E-state index < -0.39 is 0 Å². The highest BCUT2D eigenvalue weighted by Crippen LogP contribution is 2.19. The molecule has 0 aromatic heterocycles. The lowest BCUT2D eigenvalue weighted by Gasteiger charge is -2.08. The Morgan fingerprint density at radius 3 is 2.88 bits per heavy atom. The molecule has 1 aromatic carbocycles. The topological polar surface area (TPSA) is 21.3 Å². The van der Waals surface area contributed by atoms with E-state index in [1.165, 1.54) is 10.5 Å². The fraction of sp³-hybridized carbons (Fsp3) is 0.571. The Morgan fingerprint density at radius 2 is 2.18 bits per heavy atom. The van der Waals surface area contributed by atoms with Crippen molar-refractivity contribution in [3.63, 3.8) is 0 Å². The minimum atomic E-state index is 0.700. The maximum absolute atomic E-state index is 5.34. The molecule has 1 N–H and O–H groups in total. The zero-order valence-electron chi connectivity index (χ0n) is 11.0. The summed E-state index contributed by atoms with van der Waals surface area (Å²) in [4.78, 5) is 1.28. The van der Waals surface area contributed by atoms with Crippen LogP contribution in [0.4, 0.5) is 0 Å². The van der Waals surface area contributed by atoms with Gasteiger partial charge >= 0.3 is 0 Å². The van der Waals surface area contributed by atoms with Crippen molar-refractivity contribution >= 4 is 11.8 Å². The summed E-state index contributed by atoms with van der Waals surface area (Å²) in [6.07, 6.45) is 0. The summed E-state index contributed by atoms with van der Waals surface area (Å²) in [6.45, 7) is 9.26. The molecule has 0 aliphatic carbocycles. The molecule has 0 saturated carbocycles. The van der Waals surface area contributed by atoms with Crippen molar-refractivity contribution in [1.82, 2.24) is 5.32 Å². The van der Waals surface area contributed by atoms with Gasteiger partial charge in [-0.1, -0.05) is 37.7 Å². The van der Waals surface area contributed by atoms with Crippen molar-refractivity contribution < 1.29 is 4.74 Å². The molecule has 0 amide bonds. The van der Waals surface area contributed by atoms with E-state index in [9.17, 15) is 0 Å². The Kier molecular flexibility index (Phi) is 7.33. The Bertz CT molecular complexity index is 315. The van der Waals surface area contributed by atoms with E-state index in [1.807, 2.05) is 6.92 Å². The molecule has 0 aliphatic rings. The van der Waals surface area contributed by atoms with Gasteiger partial charge in [0.25, 0.3) is 0 Å². The van der Waals surface area contributed by atoms with Gasteiger partial charge in [-0.2, -0.15) is 0 Å². The van der Waals surface area contributed by atoms with Crippen molar-refractivity contribution in [2.45, 2.75) is 32.2 Å². The molecule has 1 aromatic rings. The van der Waals surface area contributed by atoms with E-state index in [2.05, 4.69) is 43.4 Å². The third kappa shape index (κ3) is 6.71. The van der Waals surface area contributed by atoms with Crippen LogP contribution in [0.1, 0.15) is 26.3 Å². The van der Waals surface area contributed by atoms with E-state index in [4.69, 9.17) is 4.74 Å². The first-order chi connectivity index (χ1) is 8.22. The van der Waals surface area contributed by atoms with Crippen molar-refractivity contribution in [3.05, 3.63) is 29.8 Å². The molecular formula is C14H23NOS. The maximum atomic E-state index is 5.34. The molecule has 1 rings (SSSR count). The highest BCUT2D eigenvalue weighted by molar-refractivity contribution is 7.99. The second kappa shape index (κ2) is 8.56. The normalized spacial score (nSPS) is 11.1. The van der Waals surface area contributed by atoms with Crippen LogP contribution < -0.4 is 5.32 Å². The first-order valence-electron chi connectivity index (χ1n) is 6.22. The molecule has 0 atom stereocenters. The Balaban J connectivity index is 2.37. The van der Waals surface area contributed by atoms with Crippen molar-refractivity contribution in [2.75, 3.05) is 19.1 Å². The van der Waals surface area contributed by atoms with Crippen molar-refractivity contribution in [3.8, 4) is 0 Å². The van der Waals surface area contributed by atoms with E-state index in [1.54, 1.807) is 11.8 Å². The maximum Gasteiger partial charge on any atom is 0.0966 e. The average Bonchev–Trinajstić information content (AvgIpc) is 2.29. The zero-order chi connectivity index (χ0) is 12.5. The zero-order valence-corrected chi connectivity index (χ0v) is 11.8. The number of ether oxygens (including phenoxy) is 1. The molecule has 0 radical (unpaired) electrons. The van der Waals surface area contributed by atoms with E-state index in [0.29, 0.717) is 5.92 Å². The van der Waals surface area contributed by atoms with Gasteiger partial charge in [0, 0.05) is 18.0 Å². The van der Waals surface area contributed by atoms with Crippen LogP contribution in [0.3, 0.4) is 0 Å². The second-order valence-electron chi connectivity index (χ2n) is 4.43. The summed E-state index contributed by atoms with van der Waals surface area (Å²) in [6, 6.07) is 8.64. The summed E-state index contributed by atoms with van der Waals surface area (Å²) in [5.41, 5.74) is 1.34. The minimum Gasteiger partial charge on any atom is -0.371 e. The molecule has 0 aliphatic heterocycles. The Labute approximate surface area is 109 Å². The van der Waals surface area contributed by atoms with Crippen LogP contribution in [0.5, 0.6) is 0 Å². The molecule has 2 nitrogen and oxygen atoms in total. The van der Waals surface area contributed by atoms with Gasteiger partial charge < -0.3 is 10.1 Å². The van der Waals surface area contributed by atoms with Crippen LogP contribution in [-0.2, 0) is 11.3 Å². The highest BCUT2D eigenvalue weighted by Gasteiger charge is 1.98. The van der Waals surface area contributed by atoms with Gasteiger partial charge in [-0.25, -0.2) is 0 Å². The molecular weight excluding hydrogens is 230 g/mol. The number of nitrogens with one attached hydrogen (secondary N) is 1. The Morgan fingerprint density at radius 1 is 1.35 bits per heavy atom. The van der Waals surface area contributed by atoms with Crippen LogP contribution in [0.15, 0.2) is 29.2 Å². The summed E-state index contributed by atoms with van der Waals surface area (Å²) >= 11 is 1.75. The minimum absolute atomic E-state index is 0.700. The molecule has 0 saturated heterocycles. The van der Waals surface area contributed by atoms with Crippen molar-refractivity contribution in [1.29, 1.82) is 0 Å². The van der Waals surface area contributed by atoms with Crippen LogP contribution in [0, 0.1) is 5.92 Å². The second-order valence-corrected chi connectivity index (χ2v) is 5.42. The summed E-state index contributed by atoms with van der Waals surface area (Å²) < 4.78 is 5.34. The number of hydrogen-bond donors (Lipinski definition) is 1. The summed E-state index contributed by atoms with van der Waals surface area (Å²) in [5, 5.41) is 3.46. The molecule has 0 unspecified atom stereocenters. The third-order valence-corrected chi connectivity index (χ3v) is 3.16. The van der Waals surface area contributed by atoms with Gasteiger partial charge in [0.2, 0.25) is 0 Å². The molecule has 0 heterocycles. The first kappa shape index (κ1) is 14.6. The lowest BCUT2D eigenvalue weighted by molar-refractivity contribution is 0.199. The van der Waals surface area contributed by atoms with E-state index >= 15 is 0 Å². The standard InChI is InChI=1S/C14H23NOS/c1-4-16-11-17-14-7-5-6-13(8-14)10-15-9-12(2)3/h5-8,12,15H,4,9-11H2,1-3H3. The van der Waals surface area contributed by atoms with E-state index in [-0.39, 0.29) is 0 Å². The van der Waals surface area contributed by atoms with Crippen LogP contribution in [0.25, 0.3) is 0 Å². The highest BCUT2D eigenvalue weighted by atomic mass is 32.2. The van der Waals surface area contributed by atoms with Crippen molar-refractivity contribution in [2.24, 2.45) is 5.92 Å². The third-order valence-electron chi connectivity index (χ3n) is 2.29. The van der Waals surface area contributed by atoms with Gasteiger partial charge in [0.15, 0.2) is 0 Å². The monoisotopic (exact) mass is 253 g/mol. The van der Waals surface area contributed by atoms with Gasteiger partial charge in [0.05, 0.1) is 5.94 Å². The number of rotatable bonds is 8. The fourth-order valence-electron chi connectivity index (χ4n) is 1.44. The quantitative estimate of drug-likeness (QED) is 0.435. The molecule has 3 heteroatoms. The predicted molar refractivity (Wildman–Crippen MR) is 75.3 cm³/mol. The van der Waals surface area contributed by atoms with Gasteiger partial charge in [-0.3, -0.25) is 0 Å². The van der Waals surface area contributed by atoms with Gasteiger partial charge in [-0.15, -0.1) is 0 Å². The first-order valence-corrected chi connectivity index (χ1v) is 7.21. The largest absolute Gasteiger partial charge is 0.371 e. The van der Waals surface area contributed by atoms with Gasteiger partial charge in [0.1, 0.15) is 0 Å². The molecule has 0 fully saturated rings. The molecule has 0 bridgehead atoms. The summed E-state index contributed by atoms with van der Waals surface area (Å²) in [5.74, 6) is 1.44. The average molecular weight is 253 g/mol. The lowest BCUT2D eigenvalue weighted by Crippen LogP contribution is -2.18. The number of benzene rings is 1. The SMILES string of the molecule is CCOCSc1cccc(CNCC(C)C)c1. The van der Waals surface area contributed by atoms with E-state index in [0.717, 1.165) is 25.6 Å². The summed E-state index contributed by atoms with van der Waals surface area (Å²) in [7, 11) is 0. The smallest absolute Gasteiger partial charge is 0.0966 e.